The van der Waals surface area contributed by atoms with Crippen molar-refractivity contribution in [3.8, 4) is 0 Å². The Morgan fingerprint density at radius 1 is 1.29 bits per heavy atom. The van der Waals surface area contributed by atoms with E-state index in [0.29, 0.717) is 5.69 Å². The molecule has 6 heteroatoms. The van der Waals surface area contributed by atoms with Crippen molar-refractivity contribution >= 4 is 17.6 Å². The number of amides is 1. The molecule has 0 bridgehead atoms. The number of benzene rings is 1. The molecule has 0 radical (unpaired) electrons. The second kappa shape index (κ2) is 4.97. The number of para-hydroxylation sites is 1. The number of aliphatic carboxylic acids is 1. The van der Waals surface area contributed by atoms with E-state index in [-0.39, 0.29) is 12.0 Å². The number of pyridine rings is 1. The summed E-state index contributed by atoms with van der Waals surface area (Å²) in [7, 11) is 0. The first-order chi connectivity index (χ1) is 10.1. The molecule has 5 nitrogen and oxygen atoms in total. The van der Waals surface area contributed by atoms with Crippen LogP contribution in [0, 0.1) is 5.82 Å². The molecule has 21 heavy (non-hydrogen) atoms. The number of carboxylic acid groups (broad SMARTS) is 1. The number of carboxylic acids is 1. The van der Waals surface area contributed by atoms with Gasteiger partial charge in [-0.05, 0) is 17.7 Å². The van der Waals surface area contributed by atoms with Crippen molar-refractivity contribution in [3.05, 3.63) is 59.7 Å². The number of halogens is 1. The van der Waals surface area contributed by atoms with Gasteiger partial charge in [0.05, 0.1) is 11.8 Å². The van der Waals surface area contributed by atoms with Gasteiger partial charge < -0.3 is 5.11 Å². The predicted molar refractivity (Wildman–Crippen MR) is 72.6 cm³/mol. The monoisotopic (exact) mass is 286 g/mol. The molecule has 0 saturated carbocycles. The SMILES string of the molecule is O=C(O)C1Cc2ccccc2N1C(=O)c1cncc(F)c1. The summed E-state index contributed by atoms with van der Waals surface area (Å²) >= 11 is 0. The van der Waals surface area contributed by atoms with Crippen LogP contribution in [-0.2, 0) is 11.2 Å². The van der Waals surface area contributed by atoms with Gasteiger partial charge in [0.15, 0.2) is 0 Å². The maximum Gasteiger partial charge on any atom is 0.327 e. The zero-order chi connectivity index (χ0) is 15.0. The lowest BCUT2D eigenvalue weighted by atomic mass is 10.1. The van der Waals surface area contributed by atoms with Gasteiger partial charge in [-0.3, -0.25) is 14.7 Å². The van der Waals surface area contributed by atoms with Gasteiger partial charge in [-0.15, -0.1) is 0 Å². The predicted octanol–water partition coefficient (Wildman–Crippen LogP) is 1.88. The molecule has 1 amide bonds. The number of carbonyl (C=O) groups is 2. The van der Waals surface area contributed by atoms with E-state index in [2.05, 4.69) is 4.98 Å². The minimum atomic E-state index is -1.09. The second-order valence-corrected chi connectivity index (χ2v) is 4.75. The summed E-state index contributed by atoms with van der Waals surface area (Å²) in [6, 6.07) is 7.04. The Kier molecular flexibility index (Phi) is 3.13. The number of fused-ring (bicyclic) bond motifs is 1. The third kappa shape index (κ3) is 2.24. The number of rotatable bonds is 2. The molecule has 0 fully saturated rings. The molecule has 106 valence electrons. The third-order valence-electron chi connectivity index (χ3n) is 3.43. The van der Waals surface area contributed by atoms with E-state index >= 15 is 0 Å². The average Bonchev–Trinajstić information content (AvgIpc) is 2.86. The average molecular weight is 286 g/mol. The molecule has 1 N–H and O–H groups in total. The number of carbonyl (C=O) groups excluding carboxylic acids is 1. The van der Waals surface area contributed by atoms with Crippen molar-refractivity contribution in [2.45, 2.75) is 12.5 Å². The smallest absolute Gasteiger partial charge is 0.327 e. The Balaban J connectivity index is 2.05. The number of hydrogen-bond donors (Lipinski definition) is 1. The molecule has 3 rings (SSSR count). The lowest BCUT2D eigenvalue weighted by molar-refractivity contribution is -0.138. The minimum Gasteiger partial charge on any atom is -0.480 e. The van der Waals surface area contributed by atoms with Crippen molar-refractivity contribution in [1.29, 1.82) is 0 Å². The Bertz CT molecular complexity index is 732. The quantitative estimate of drug-likeness (QED) is 0.915. The standard InChI is InChI=1S/C15H11FN2O3/c16-11-5-10(7-17-8-11)14(19)18-12-4-2-1-3-9(12)6-13(18)15(20)21/h1-5,7-8,13H,6H2,(H,20,21). The second-order valence-electron chi connectivity index (χ2n) is 4.75. The molecule has 2 aromatic rings. The van der Waals surface area contributed by atoms with Crippen molar-refractivity contribution in [2.24, 2.45) is 0 Å². The van der Waals surface area contributed by atoms with E-state index in [0.717, 1.165) is 17.8 Å². The molecule has 0 aliphatic carbocycles. The number of anilines is 1. The van der Waals surface area contributed by atoms with Gasteiger partial charge in [-0.25, -0.2) is 9.18 Å². The fourth-order valence-corrected chi connectivity index (χ4v) is 2.50. The van der Waals surface area contributed by atoms with Crippen molar-refractivity contribution in [2.75, 3.05) is 4.90 Å². The highest BCUT2D eigenvalue weighted by molar-refractivity contribution is 6.10. The zero-order valence-corrected chi connectivity index (χ0v) is 10.9. The summed E-state index contributed by atoms with van der Waals surface area (Å²) < 4.78 is 13.2. The molecular formula is C15H11FN2O3. The highest BCUT2D eigenvalue weighted by Gasteiger charge is 2.38. The molecule has 1 aliphatic heterocycles. The Morgan fingerprint density at radius 3 is 2.76 bits per heavy atom. The van der Waals surface area contributed by atoms with E-state index in [1.54, 1.807) is 24.3 Å². The molecule has 1 unspecified atom stereocenters. The van der Waals surface area contributed by atoms with Crippen LogP contribution in [0.1, 0.15) is 15.9 Å². The van der Waals surface area contributed by atoms with Crippen LogP contribution in [0.2, 0.25) is 0 Å². The summed E-state index contributed by atoms with van der Waals surface area (Å²) in [6.07, 6.45) is 2.45. The van der Waals surface area contributed by atoms with Gasteiger partial charge in [-0.1, -0.05) is 18.2 Å². The minimum absolute atomic E-state index is 0.0259. The summed E-state index contributed by atoms with van der Waals surface area (Å²) in [5.74, 6) is -2.30. The van der Waals surface area contributed by atoms with Crippen molar-refractivity contribution in [3.63, 3.8) is 0 Å². The molecule has 1 aliphatic rings. The van der Waals surface area contributed by atoms with Gasteiger partial charge in [0, 0.05) is 18.3 Å². The third-order valence-corrected chi connectivity index (χ3v) is 3.43. The van der Waals surface area contributed by atoms with Crippen LogP contribution in [-0.4, -0.2) is 28.0 Å². The first-order valence-corrected chi connectivity index (χ1v) is 6.33. The van der Waals surface area contributed by atoms with Crippen LogP contribution in [0.4, 0.5) is 10.1 Å². The fraction of sp³-hybridized carbons (Fsp3) is 0.133. The zero-order valence-electron chi connectivity index (χ0n) is 10.9. The Morgan fingerprint density at radius 2 is 2.05 bits per heavy atom. The first-order valence-electron chi connectivity index (χ1n) is 6.33. The largest absolute Gasteiger partial charge is 0.480 e. The first kappa shape index (κ1) is 13.2. The van der Waals surface area contributed by atoms with Gasteiger partial charge in [0.1, 0.15) is 11.9 Å². The van der Waals surface area contributed by atoms with E-state index in [1.165, 1.54) is 11.1 Å². The fourth-order valence-electron chi connectivity index (χ4n) is 2.50. The molecule has 0 saturated heterocycles. The van der Waals surface area contributed by atoms with Gasteiger partial charge in [-0.2, -0.15) is 0 Å². The molecule has 0 spiro atoms. The topological polar surface area (TPSA) is 70.5 Å². The van der Waals surface area contributed by atoms with Crippen LogP contribution >= 0.6 is 0 Å². The lowest BCUT2D eigenvalue weighted by Gasteiger charge is -2.22. The summed E-state index contributed by atoms with van der Waals surface area (Å²) in [5, 5.41) is 9.32. The molecular weight excluding hydrogens is 275 g/mol. The summed E-state index contributed by atoms with van der Waals surface area (Å²) in [6.45, 7) is 0. The van der Waals surface area contributed by atoms with Crippen molar-refractivity contribution in [1.82, 2.24) is 4.98 Å². The molecule has 1 aromatic heterocycles. The normalized spacial score (nSPS) is 16.6. The van der Waals surface area contributed by atoms with E-state index in [4.69, 9.17) is 0 Å². The van der Waals surface area contributed by atoms with Crippen LogP contribution < -0.4 is 4.90 Å². The Hall–Kier alpha value is -2.76. The van der Waals surface area contributed by atoms with Crippen molar-refractivity contribution < 1.29 is 19.1 Å². The number of hydrogen-bond acceptors (Lipinski definition) is 3. The van der Waals surface area contributed by atoms with Crippen LogP contribution in [0.15, 0.2) is 42.7 Å². The number of aromatic nitrogens is 1. The maximum atomic E-state index is 13.2. The molecule has 1 aromatic carbocycles. The molecule has 2 heterocycles. The van der Waals surface area contributed by atoms with E-state index < -0.39 is 23.7 Å². The maximum absolute atomic E-state index is 13.2. The van der Waals surface area contributed by atoms with Crippen LogP contribution in [0.3, 0.4) is 0 Å². The van der Waals surface area contributed by atoms with E-state index in [1.807, 2.05) is 0 Å². The highest BCUT2D eigenvalue weighted by atomic mass is 19.1. The summed E-state index contributed by atoms with van der Waals surface area (Å²) in [4.78, 5) is 28.8. The summed E-state index contributed by atoms with van der Waals surface area (Å²) in [5.41, 5.74) is 1.35. The highest BCUT2D eigenvalue weighted by Crippen LogP contribution is 2.33. The van der Waals surface area contributed by atoms with Gasteiger partial charge in [0.2, 0.25) is 0 Å². The number of nitrogens with zero attached hydrogens (tertiary/aromatic N) is 2. The Labute approximate surface area is 119 Å². The van der Waals surface area contributed by atoms with Crippen LogP contribution in [0.5, 0.6) is 0 Å². The molecule has 1 atom stereocenters. The van der Waals surface area contributed by atoms with Gasteiger partial charge >= 0.3 is 5.97 Å². The van der Waals surface area contributed by atoms with Crippen LogP contribution in [0.25, 0.3) is 0 Å². The van der Waals surface area contributed by atoms with Gasteiger partial charge in [0.25, 0.3) is 5.91 Å². The van der Waals surface area contributed by atoms with E-state index in [9.17, 15) is 19.1 Å². The lowest BCUT2D eigenvalue weighted by Crippen LogP contribution is -2.42.